The van der Waals surface area contributed by atoms with Crippen LogP contribution in [0.1, 0.15) is 18.1 Å². The number of hydrogen-bond donors (Lipinski definition) is 0. The van der Waals surface area contributed by atoms with E-state index in [-0.39, 0.29) is 24.0 Å². The van der Waals surface area contributed by atoms with Gasteiger partial charge in [-0.25, -0.2) is 0 Å². The molecular weight excluding hydrogens is 642 g/mol. The zero-order valence-corrected chi connectivity index (χ0v) is 26.7. The molecule has 0 aliphatic rings. The van der Waals surface area contributed by atoms with E-state index in [1.165, 1.54) is 36.6 Å². The summed E-state index contributed by atoms with van der Waals surface area (Å²) in [5.74, 6) is 1.96. The van der Waals surface area contributed by atoms with Crippen molar-refractivity contribution < 1.29 is 24.0 Å². The van der Waals surface area contributed by atoms with Gasteiger partial charge in [0.25, 0.3) is 0 Å². The van der Waals surface area contributed by atoms with Crippen molar-refractivity contribution in [3.63, 3.8) is 0 Å². The molecule has 5 aromatic carbocycles. The van der Waals surface area contributed by atoms with Crippen LogP contribution < -0.4 is 39.9 Å². The molecule has 0 atom stereocenters. The van der Waals surface area contributed by atoms with E-state index in [1.807, 2.05) is 23.5 Å². The predicted molar refractivity (Wildman–Crippen MR) is 174 cm³/mol. The summed E-state index contributed by atoms with van der Waals surface area (Å²) in [6.07, 6.45) is 0. The maximum Gasteiger partial charge on any atom is 0.146 e. The van der Waals surface area contributed by atoms with Crippen molar-refractivity contribution in [3.05, 3.63) is 167 Å². The van der Waals surface area contributed by atoms with Gasteiger partial charge in [0.1, 0.15) is 28.5 Å². The third-order valence-electron chi connectivity index (χ3n) is 6.49. The minimum absolute atomic E-state index is 0. The van der Waals surface area contributed by atoms with Crippen LogP contribution in [0.15, 0.2) is 156 Å². The molecule has 0 fully saturated rings. The fourth-order valence-electron chi connectivity index (χ4n) is 4.87. The van der Waals surface area contributed by atoms with E-state index in [0.717, 1.165) is 11.5 Å². The molecule has 0 amide bonds. The molecule has 0 radical (unpaired) electrons. The van der Waals surface area contributed by atoms with E-state index in [4.69, 9.17) is 0 Å². The van der Waals surface area contributed by atoms with E-state index in [1.54, 1.807) is 0 Å². The third-order valence-corrected chi connectivity index (χ3v) is 13.6. The fourth-order valence-corrected chi connectivity index (χ4v) is 12.5. The van der Waals surface area contributed by atoms with Crippen molar-refractivity contribution in [2.45, 2.75) is 12.7 Å². The molecule has 5 aromatic rings. The van der Waals surface area contributed by atoms with Gasteiger partial charge in [0, 0.05) is 11.3 Å². The van der Waals surface area contributed by atoms with Crippen LogP contribution in [0.4, 0.5) is 0 Å². The van der Waals surface area contributed by atoms with Crippen LogP contribution in [-0.2, 0) is 5.75 Å². The van der Waals surface area contributed by atoms with Crippen LogP contribution in [0.3, 0.4) is 0 Å². The molecule has 0 spiro atoms. The molecule has 0 saturated heterocycles. The number of thioether (sulfide) groups is 2. The lowest BCUT2D eigenvalue weighted by Gasteiger charge is -2.31. The highest BCUT2D eigenvalue weighted by molar-refractivity contribution is 8.23. The van der Waals surface area contributed by atoms with E-state index in [2.05, 4.69) is 159 Å². The average molecular weight is 675 g/mol. The van der Waals surface area contributed by atoms with E-state index < -0.39 is 7.26 Å². The summed E-state index contributed by atoms with van der Waals surface area (Å²) in [6, 6.07) is 55.5. The summed E-state index contributed by atoms with van der Waals surface area (Å²) in [5.41, 5.74) is 2.65. The Kier molecular flexibility index (Phi) is 11.3. The quantitative estimate of drug-likeness (QED) is 0.132. The van der Waals surface area contributed by atoms with Gasteiger partial charge in [-0.3, -0.25) is 0 Å². The van der Waals surface area contributed by atoms with Gasteiger partial charge in [-0.05, 0) is 47.7 Å². The molecule has 5 rings (SSSR count). The number of halogens is 1. The molecule has 39 heavy (non-hydrogen) atoms. The molecule has 4 heteroatoms. The van der Waals surface area contributed by atoms with Crippen LogP contribution in [0.2, 0.25) is 0 Å². The van der Waals surface area contributed by atoms with Crippen molar-refractivity contribution in [3.8, 4) is 0 Å². The van der Waals surface area contributed by atoms with Crippen molar-refractivity contribution in [1.82, 2.24) is 0 Å². The summed E-state index contributed by atoms with van der Waals surface area (Å²) in [5, 5.41) is 5.59. The Labute approximate surface area is 259 Å². The maximum absolute atomic E-state index is 2.34. The van der Waals surface area contributed by atoms with Gasteiger partial charge in [-0.2, -0.15) is 0 Å². The van der Waals surface area contributed by atoms with Crippen LogP contribution in [0.5, 0.6) is 0 Å². The summed E-state index contributed by atoms with van der Waals surface area (Å²) in [4.78, 5) is 0. The molecule has 0 nitrogen and oxygen atoms in total. The third kappa shape index (κ3) is 6.72. The van der Waals surface area contributed by atoms with Gasteiger partial charge in [-0.1, -0.05) is 122 Å². The highest BCUT2D eigenvalue weighted by atomic mass is 127. The Hall–Kier alpha value is -2.30. The van der Waals surface area contributed by atoms with Crippen LogP contribution in [0.25, 0.3) is 5.31 Å². The van der Waals surface area contributed by atoms with Crippen LogP contribution in [-0.4, -0.2) is 5.75 Å². The zero-order chi connectivity index (χ0) is 26.0. The maximum atomic E-state index is 2.34. The Morgan fingerprint density at radius 2 is 0.897 bits per heavy atom. The molecular formula is C35H32IPS2. The van der Waals surface area contributed by atoms with Crippen molar-refractivity contribution in [2.24, 2.45) is 0 Å². The average Bonchev–Trinajstić information content (AvgIpc) is 3.00. The highest BCUT2D eigenvalue weighted by Gasteiger charge is 2.51. The molecule has 0 bridgehead atoms. The van der Waals surface area contributed by atoms with Crippen molar-refractivity contribution in [2.75, 3.05) is 5.75 Å². The summed E-state index contributed by atoms with van der Waals surface area (Å²) >= 11 is 3.96. The topological polar surface area (TPSA) is 0 Å². The molecule has 0 saturated carbocycles. The second-order valence-electron chi connectivity index (χ2n) is 8.89. The second kappa shape index (κ2) is 14.9. The molecule has 0 aliphatic carbocycles. The first-order valence-corrected chi connectivity index (χ1v) is 16.8. The summed E-state index contributed by atoms with van der Waals surface area (Å²) < 4.78 is 1.41. The number of benzene rings is 5. The smallest absolute Gasteiger partial charge is 0.146 e. The lowest BCUT2D eigenvalue weighted by molar-refractivity contribution is -0.00000721. The standard InChI is InChI=1S/C35H32PS2.HI/c1-2-37-35(38-28-29-18-8-3-9-19-29)34(30-20-10-4-11-21-30)36(31-22-12-5-13-23-31,32-24-14-6-15-25-32)33-26-16-7-17-27-33;/h3-27H,2,28H2,1H3;1H/q+1;/p-1/b35-34+;. The predicted octanol–water partition coefficient (Wildman–Crippen LogP) is 6.00. The molecule has 0 aromatic heterocycles. The van der Waals surface area contributed by atoms with Crippen LogP contribution in [0, 0.1) is 0 Å². The molecule has 0 unspecified atom stereocenters. The van der Waals surface area contributed by atoms with E-state index in [0.29, 0.717) is 0 Å². The minimum atomic E-state index is -2.25. The van der Waals surface area contributed by atoms with Gasteiger partial charge < -0.3 is 24.0 Å². The van der Waals surface area contributed by atoms with Crippen molar-refractivity contribution >= 4 is 52.0 Å². The van der Waals surface area contributed by atoms with Crippen LogP contribution >= 0.6 is 30.8 Å². The minimum Gasteiger partial charge on any atom is -1.00 e. The van der Waals surface area contributed by atoms with Crippen molar-refractivity contribution in [1.29, 1.82) is 0 Å². The number of rotatable bonds is 10. The highest BCUT2D eigenvalue weighted by Crippen LogP contribution is 2.69. The normalized spacial score (nSPS) is 11.8. The first-order valence-electron chi connectivity index (χ1n) is 13.0. The van der Waals surface area contributed by atoms with E-state index >= 15 is 0 Å². The van der Waals surface area contributed by atoms with E-state index in [9.17, 15) is 0 Å². The fraction of sp³-hybridized carbons (Fsp3) is 0.0857. The summed E-state index contributed by atoms with van der Waals surface area (Å²) in [6.45, 7) is 2.27. The van der Waals surface area contributed by atoms with Gasteiger partial charge in [0.15, 0.2) is 0 Å². The summed E-state index contributed by atoms with van der Waals surface area (Å²) in [7, 11) is -2.25. The Balaban J connectivity index is 0.00000353. The lowest BCUT2D eigenvalue weighted by atomic mass is 10.2. The molecule has 0 heterocycles. The molecule has 0 N–H and O–H groups in total. The van der Waals surface area contributed by atoms with Gasteiger partial charge in [-0.15, -0.1) is 23.5 Å². The molecule has 196 valence electrons. The first kappa shape index (κ1) is 29.7. The monoisotopic (exact) mass is 674 g/mol. The largest absolute Gasteiger partial charge is 1.00 e. The second-order valence-corrected chi connectivity index (χ2v) is 14.7. The molecule has 0 aliphatic heterocycles. The Morgan fingerprint density at radius 1 is 0.513 bits per heavy atom. The number of hydrogen-bond acceptors (Lipinski definition) is 2. The first-order chi connectivity index (χ1) is 18.8. The Bertz CT molecular complexity index is 1350. The lowest BCUT2D eigenvalue weighted by Crippen LogP contribution is -3.00. The SMILES string of the molecule is CCS/C(SCc1ccccc1)=C(/c1ccccc1)[P+](c1ccccc1)(c1ccccc1)c1ccccc1.[I-]. The van der Waals surface area contributed by atoms with Gasteiger partial charge >= 0.3 is 0 Å². The zero-order valence-electron chi connectivity index (χ0n) is 22.0. The van der Waals surface area contributed by atoms with Gasteiger partial charge in [0.2, 0.25) is 0 Å². The van der Waals surface area contributed by atoms with Gasteiger partial charge in [0.05, 0.1) is 4.24 Å². The Morgan fingerprint density at radius 3 is 1.31 bits per heavy atom.